The zero-order valence-electron chi connectivity index (χ0n) is 5.81. The van der Waals surface area contributed by atoms with Crippen LogP contribution >= 0.6 is 0 Å². The van der Waals surface area contributed by atoms with Gasteiger partial charge in [0.15, 0.2) is 0 Å². The van der Waals surface area contributed by atoms with Crippen molar-refractivity contribution in [3.05, 3.63) is 0 Å². The monoisotopic (exact) mass is 125 g/mol. The van der Waals surface area contributed by atoms with Crippen LogP contribution in [0.2, 0.25) is 0 Å². The Balaban J connectivity index is 2.16. The van der Waals surface area contributed by atoms with Crippen LogP contribution < -0.4 is 5.32 Å². The van der Waals surface area contributed by atoms with Gasteiger partial charge in [-0.25, -0.2) is 0 Å². The van der Waals surface area contributed by atoms with E-state index in [1.807, 2.05) is 0 Å². The summed E-state index contributed by atoms with van der Waals surface area (Å²) in [6.45, 7) is 2.17. The van der Waals surface area contributed by atoms with Crippen molar-refractivity contribution in [1.29, 1.82) is 0 Å². The molecule has 0 saturated heterocycles. The van der Waals surface area contributed by atoms with Crippen molar-refractivity contribution < 1.29 is 4.70 Å². The molecule has 1 aliphatic carbocycles. The minimum atomic E-state index is 0.293. The van der Waals surface area contributed by atoms with E-state index in [2.05, 4.69) is 12.2 Å². The molecule has 9 heavy (non-hydrogen) atoms. The first-order valence-electron chi connectivity index (χ1n) is 3.45. The molecular weight excluding hydrogens is 113 g/mol. The molecule has 0 radical (unpaired) electrons. The van der Waals surface area contributed by atoms with E-state index in [0.717, 1.165) is 7.15 Å². The summed E-state index contributed by atoms with van der Waals surface area (Å²) >= 11 is 0. The van der Waals surface area contributed by atoms with Crippen LogP contribution in [0.4, 0.5) is 0 Å². The van der Waals surface area contributed by atoms with E-state index < -0.39 is 0 Å². The Labute approximate surface area is 56.3 Å². The molecule has 0 aromatic carbocycles. The fourth-order valence-electron chi connectivity index (χ4n) is 1.17. The molecule has 2 nitrogen and oxygen atoms in total. The predicted octanol–water partition coefficient (Wildman–Crippen LogP) is 0.526. The van der Waals surface area contributed by atoms with Gasteiger partial charge in [-0.15, -0.1) is 0 Å². The predicted molar refractivity (Wildman–Crippen MR) is 36.7 cm³/mol. The first-order valence-corrected chi connectivity index (χ1v) is 3.45. The van der Waals surface area contributed by atoms with Crippen molar-refractivity contribution in [3.8, 4) is 0 Å². The molecule has 1 N–H and O–H groups in total. The fourth-order valence-corrected chi connectivity index (χ4v) is 1.17. The van der Waals surface area contributed by atoms with Gasteiger partial charge in [0.1, 0.15) is 0 Å². The summed E-state index contributed by atoms with van der Waals surface area (Å²) in [6.07, 6.45) is 4.26. The molecular formula is C6H12BNO. The number of hydrogen-bond donors (Lipinski definition) is 1. The molecule has 0 aromatic heterocycles. The van der Waals surface area contributed by atoms with Crippen LogP contribution in [-0.4, -0.2) is 19.1 Å². The Morgan fingerprint density at radius 2 is 2.33 bits per heavy atom. The second kappa shape index (κ2) is 2.61. The van der Waals surface area contributed by atoms with Crippen molar-refractivity contribution in [2.75, 3.05) is 6.44 Å². The van der Waals surface area contributed by atoms with Gasteiger partial charge in [-0.1, -0.05) is 0 Å². The zero-order valence-corrected chi connectivity index (χ0v) is 5.81. The van der Waals surface area contributed by atoms with Crippen molar-refractivity contribution >= 4 is 7.15 Å². The molecule has 1 saturated carbocycles. The third-order valence-corrected chi connectivity index (χ3v) is 2.07. The Bertz CT molecular complexity index is 112. The summed E-state index contributed by atoms with van der Waals surface area (Å²) in [4.78, 5) is 0. The summed E-state index contributed by atoms with van der Waals surface area (Å²) in [5, 5.41) is 3.18. The van der Waals surface area contributed by atoms with E-state index in [4.69, 9.17) is 0 Å². The molecule has 0 bridgehead atoms. The number of rotatable bonds is 3. The van der Waals surface area contributed by atoms with Gasteiger partial charge in [-0.05, 0) is 0 Å². The number of nitrogens with one attached hydrogen (secondary N) is 1. The summed E-state index contributed by atoms with van der Waals surface area (Å²) in [7, 11) is 0.920. The van der Waals surface area contributed by atoms with Crippen LogP contribution in [0, 0.1) is 0 Å². The van der Waals surface area contributed by atoms with Gasteiger partial charge in [-0.3, -0.25) is 0 Å². The average Bonchev–Trinajstić information content (AvgIpc) is 1.79. The maximum absolute atomic E-state index is 9.93. The molecule has 0 atom stereocenters. The first-order chi connectivity index (χ1) is 4.27. The molecule has 3 heteroatoms. The van der Waals surface area contributed by atoms with Gasteiger partial charge in [0.25, 0.3) is 0 Å². The standard InChI is InChI=1S/C6H12BNO/c1-6(3-2-4-6)8-5-7-9/h8H,2-5H2,1H3. The number of hydrogen-bond acceptors (Lipinski definition) is 2. The van der Waals surface area contributed by atoms with Crippen molar-refractivity contribution in [2.24, 2.45) is 0 Å². The molecule has 0 unspecified atom stereocenters. The Hall–Kier alpha value is -0.175. The Kier molecular flexibility index (Phi) is 2.01. The van der Waals surface area contributed by atoms with Gasteiger partial charge in [0.05, 0.1) is 0 Å². The van der Waals surface area contributed by atoms with Crippen LogP contribution in [-0.2, 0) is 4.70 Å². The van der Waals surface area contributed by atoms with Gasteiger partial charge >= 0.3 is 55.3 Å². The van der Waals surface area contributed by atoms with Crippen molar-refractivity contribution in [3.63, 3.8) is 0 Å². The van der Waals surface area contributed by atoms with Crippen LogP contribution in [0.25, 0.3) is 0 Å². The molecule has 1 rings (SSSR count). The van der Waals surface area contributed by atoms with Crippen LogP contribution in [0.3, 0.4) is 0 Å². The summed E-state index contributed by atoms with van der Waals surface area (Å²) < 4.78 is 9.93. The van der Waals surface area contributed by atoms with Crippen LogP contribution in [0.5, 0.6) is 0 Å². The van der Waals surface area contributed by atoms with Gasteiger partial charge < -0.3 is 0 Å². The third kappa shape index (κ3) is 1.61. The van der Waals surface area contributed by atoms with E-state index in [1.165, 1.54) is 19.3 Å². The first kappa shape index (κ1) is 6.94. The molecule has 50 valence electrons. The van der Waals surface area contributed by atoms with Crippen molar-refractivity contribution in [1.82, 2.24) is 5.32 Å². The van der Waals surface area contributed by atoms with E-state index in [-0.39, 0.29) is 0 Å². The van der Waals surface area contributed by atoms with Crippen LogP contribution in [0.1, 0.15) is 26.2 Å². The van der Waals surface area contributed by atoms with Crippen LogP contribution in [0.15, 0.2) is 0 Å². The molecule has 0 amide bonds. The zero-order chi connectivity index (χ0) is 6.74. The van der Waals surface area contributed by atoms with Gasteiger partial charge in [0, 0.05) is 0 Å². The fraction of sp³-hybridized carbons (Fsp3) is 1.00. The molecule has 0 spiro atoms. The molecule has 1 fully saturated rings. The topological polar surface area (TPSA) is 29.1 Å². The molecule has 0 aliphatic heterocycles. The normalized spacial score (nSPS) is 22.3. The van der Waals surface area contributed by atoms with E-state index in [1.54, 1.807) is 0 Å². The van der Waals surface area contributed by atoms with E-state index in [9.17, 15) is 4.70 Å². The van der Waals surface area contributed by atoms with Gasteiger partial charge in [-0.2, -0.15) is 0 Å². The Morgan fingerprint density at radius 1 is 1.67 bits per heavy atom. The van der Waals surface area contributed by atoms with Gasteiger partial charge in [0.2, 0.25) is 0 Å². The summed E-state index contributed by atoms with van der Waals surface area (Å²) in [5.74, 6) is 0. The molecule has 0 heterocycles. The third-order valence-electron chi connectivity index (χ3n) is 2.07. The van der Waals surface area contributed by atoms with Crippen molar-refractivity contribution in [2.45, 2.75) is 31.7 Å². The minimum absolute atomic E-state index is 0.293. The molecule has 1 aliphatic rings. The average molecular weight is 125 g/mol. The molecule has 0 aromatic rings. The maximum atomic E-state index is 9.93. The van der Waals surface area contributed by atoms with E-state index >= 15 is 0 Å². The second-order valence-electron chi connectivity index (χ2n) is 2.96. The second-order valence-corrected chi connectivity index (χ2v) is 2.96. The SMILES string of the molecule is CC1(NCB=O)CCC1. The Morgan fingerprint density at radius 3 is 2.67 bits per heavy atom. The van der Waals surface area contributed by atoms with E-state index in [0.29, 0.717) is 12.0 Å². The quantitative estimate of drug-likeness (QED) is 0.557. The summed E-state index contributed by atoms with van der Waals surface area (Å²) in [5.41, 5.74) is 0.293. The summed E-state index contributed by atoms with van der Waals surface area (Å²) in [6, 6.07) is 0.